The molecule has 9 heteroatoms. The molecular weight excluding hydrogens is 313 g/mol. The van der Waals surface area contributed by atoms with E-state index in [2.05, 4.69) is 20.9 Å². The first-order valence-electron chi connectivity index (χ1n) is 3.67. The molecule has 0 aromatic carbocycles. The van der Waals surface area contributed by atoms with Gasteiger partial charge in [-0.05, 0) is 37.4 Å². The van der Waals surface area contributed by atoms with E-state index in [9.17, 15) is 23.7 Å². The van der Waals surface area contributed by atoms with Crippen LogP contribution in [0.25, 0.3) is 0 Å². The number of carbonyl (C=O) groups is 1. The van der Waals surface area contributed by atoms with E-state index in [0.29, 0.717) is 0 Å². The highest BCUT2D eigenvalue weighted by atomic mass is 79.9. The van der Waals surface area contributed by atoms with Crippen LogP contribution in [0.4, 0.5) is 14.6 Å². The first-order valence-corrected chi connectivity index (χ1v) is 4.84. The largest absolute Gasteiger partial charge is 0.377 e. The van der Waals surface area contributed by atoms with Crippen molar-refractivity contribution in [3.05, 3.63) is 31.9 Å². The lowest BCUT2D eigenvalue weighted by molar-refractivity contribution is -0.390. The summed E-state index contributed by atoms with van der Waals surface area (Å²) in [6.07, 6.45) is -2.98. The summed E-state index contributed by atoms with van der Waals surface area (Å²) in [5.74, 6) is -0.996. The van der Waals surface area contributed by atoms with Crippen molar-refractivity contribution in [3.8, 4) is 0 Å². The Labute approximate surface area is 101 Å². The minimum Gasteiger partial charge on any atom is -0.358 e. The molecule has 0 radical (unpaired) electrons. The van der Waals surface area contributed by atoms with Crippen LogP contribution in [0.1, 0.15) is 22.5 Å². The lowest BCUT2D eigenvalue weighted by Gasteiger charge is -2.02. The zero-order valence-electron chi connectivity index (χ0n) is 7.29. The second kappa shape index (κ2) is 4.79. The fourth-order valence-corrected chi connectivity index (χ4v) is 1.84. The molecule has 0 saturated carbocycles. The average Bonchev–Trinajstić information content (AvgIpc) is 2.15. The first kappa shape index (κ1) is 12.9. The highest BCUT2D eigenvalue weighted by Crippen LogP contribution is 2.30. The Morgan fingerprint density at radius 1 is 1.62 bits per heavy atom. The molecule has 0 spiro atoms. The Balaban J connectivity index is 3.52. The van der Waals surface area contributed by atoms with Crippen molar-refractivity contribution >= 4 is 38.6 Å². The Morgan fingerprint density at radius 3 is 2.56 bits per heavy atom. The molecule has 0 atom stereocenters. The molecule has 0 saturated heterocycles. The van der Waals surface area contributed by atoms with Gasteiger partial charge in [-0.3, -0.25) is 4.79 Å². The molecule has 1 heterocycles. The molecular formula is C7H2BrClF2N2O3. The number of hydrogen-bond acceptors (Lipinski definition) is 4. The van der Waals surface area contributed by atoms with E-state index < -0.39 is 33.7 Å². The Morgan fingerprint density at radius 2 is 2.19 bits per heavy atom. The molecule has 0 aliphatic rings. The first-order chi connectivity index (χ1) is 7.34. The molecule has 1 aromatic rings. The molecule has 0 amide bonds. The SMILES string of the molecule is O=C(Cl)c1c(Br)cc(C(F)F)nc1[N+](=O)[O-]. The molecule has 0 unspecified atom stereocenters. The maximum Gasteiger partial charge on any atom is 0.377 e. The van der Waals surface area contributed by atoms with Gasteiger partial charge in [0.1, 0.15) is 5.56 Å². The number of pyridine rings is 1. The molecule has 0 N–H and O–H groups in total. The summed E-state index contributed by atoms with van der Waals surface area (Å²) in [5.41, 5.74) is -1.35. The predicted octanol–water partition coefficient (Wildman–Crippen LogP) is 3.07. The fourth-order valence-electron chi connectivity index (χ4n) is 0.945. The topological polar surface area (TPSA) is 73.1 Å². The Hall–Kier alpha value is -1.15. The van der Waals surface area contributed by atoms with Crippen LogP contribution in [-0.2, 0) is 0 Å². The van der Waals surface area contributed by atoms with Crippen molar-refractivity contribution in [2.45, 2.75) is 6.43 Å². The van der Waals surface area contributed by atoms with E-state index in [-0.39, 0.29) is 4.47 Å². The molecule has 0 aliphatic heterocycles. The zero-order chi connectivity index (χ0) is 12.5. The maximum atomic E-state index is 12.3. The smallest absolute Gasteiger partial charge is 0.358 e. The van der Waals surface area contributed by atoms with Gasteiger partial charge in [0.15, 0.2) is 0 Å². The molecule has 0 fully saturated rings. The van der Waals surface area contributed by atoms with Gasteiger partial charge >= 0.3 is 12.2 Å². The molecule has 86 valence electrons. The summed E-state index contributed by atoms with van der Waals surface area (Å²) in [6.45, 7) is 0. The summed E-state index contributed by atoms with van der Waals surface area (Å²) in [6, 6.07) is 0.813. The minimum absolute atomic E-state index is 0.190. The van der Waals surface area contributed by atoms with Crippen LogP contribution in [0.5, 0.6) is 0 Å². The number of carbonyl (C=O) groups excluding carboxylic acids is 1. The number of rotatable bonds is 3. The third kappa shape index (κ3) is 2.50. The predicted molar refractivity (Wildman–Crippen MR) is 53.7 cm³/mol. The minimum atomic E-state index is -2.98. The van der Waals surface area contributed by atoms with Gasteiger partial charge in [-0.25, -0.2) is 8.78 Å². The third-order valence-corrected chi connectivity index (χ3v) is 2.38. The number of nitrogens with zero attached hydrogens (tertiary/aromatic N) is 2. The van der Waals surface area contributed by atoms with E-state index in [1.54, 1.807) is 0 Å². The number of nitro groups is 1. The van der Waals surface area contributed by atoms with E-state index in [0.717, 1.165) is 6.07 Å². The van der Waals surface area contributed by atoms with Crippen LogP contribution in [0, 0.1) is 10.1 Å². The van der Waals surface area contributed by atoms with Gasteiger partial charge in [0.05, 0.1) is 0 Å². The van der Waals surface area contributed by atoms with Crippen LogP contribution < -0.4 is 0 Å². The molecule has 1 aromatic heterocycles. The average molecular weight is 315 g/mol. The van der Waals surface area contributed by atoms with Crippen LogP contribution in [0.3, 0.4) is 0 Å². The van der Waals surface area contributed by atoms with Crippen LogP contribution in [0.15, 0.2) is 10.5 Å². The zero-order valence-corrected chi connectivity index (χ0v) is 9.63. The lowest BCUT2D eigenvalue weighted by Crippen LogP contribution is -2.05. The number of hydrogen-bond donors (Lipinski definition) is 0. The summed E-state index contributed by atoms with van der Waals surface area (Å²) >= 11 is 7.84. The lowest BCUT2D eigenvalue weighted by atomic mass is 10.2. The molecule has 5 nitrogen and oxygen atoms in total. The highest BCUT2D eigenvalue weighted by molar-refractivity contribution is 9.10. The van der Waals surface area contributed by atoms with Crippen molar-refractivity contribution in [2.24, 2.45) is 0 Å². The second-order valence-corrected chi connectivity index (χ2v) is 3.76. The van der Waals surface area contributed by atoms with Crippen LogP contribution in [-0.4, -0.2) is 15.1 Å². The van der Waals surface area contributed by atoms with Crippen LogP contribution >= 0.6 is 27.5 Å². The van der Waals surface area contributed by atoms with Gasteiger partial charge in [0.25, 0.3) is 5.24 Å². The quantitative estimate of drug-likeness (QED) is 0.488. The van der Waals surface area contributed by atoms with Crippen LogP contribution in [0.2, 0.25) is 0 Å². The summed E-state index contributed by atoms with van der Waals surface area (Å²) < 4.78 is 24.4. The number of halogens is 4. The van der Waals surface area contributed by atoms with Gasteiger partial charge in [-0.1, -0.05) is 0 Å². The number of alkyl halides is 2. The van der Waals surface area contributed by atoms with Crippen molar-refractivity contribution in [1.29, 1.82) is 0 Å². The normalized spacial score (nSPS) is 10.6. The van der Waals surface area contributed by atoms with E-state index in [1.807, 2.05) is 0 Å². The molecule has 1 rings (SSSR count). The molecule has 0 aliphatic carbocycles. The standard InChI is InChI=1S/C7H2BrClF2N2O3/c8-2-1-3(6(10)11)12-7(13(15)16)4(2)5(9)14/h1,6H. The van der Waals surface area contributed by atoms with Crippen molar-refractivity contribution in [1.82, 2.24) is 4.98 Å². The fraction of sp³-hybridized carbons (Fsp3) is 0.143. The van der Waals surface area contributed by atoms with E-state index >= 15 is 0 Å². The van der Waals surface area contributed by atoms with Gasteiger partial charge in [-0.15, -0.1) is 0 Å². The Kier molecular flexibility index (Phi) is 3.87. The number of aromatic nitrogens is 1. The summed E-state index contributed by atoms with van der Waals surface area (Å²) in [4.78, 5) is 23.4. The van der Waals surface area contributed by atoms with Crippen molar-refractivity contribution < 1.29 is 18.5 Å². The Bertz CT molecular complexity index is 469. The van der Waals surface area contributed by atoms with Gasteiger partial charge < -0.3 is 10.1 Å². The third-order valence-electron chi connectivity index (χ3n) is 1.57. The maximum absolute atomic E-state index is 12.3. The van der Waals surface area contributed by atoms with Gasteiger partial charge in [0, 0.05) is 10.5 Å². The van der Waals surface area contributed by atoms with E-state index in [4.69, 9.17) is 11.6 Å². The molecule has 0 bridgehead atoms. The summed E-state index contributed by atoms with van der Waals surface area (Å²) in [7, 11) is 0. The molecule has 16 heavy (non-hydrogen) atoms. The summed E-state index contributed by atoms with van der Waals surface area (Å²) in [5, 5.41) is 9.37. The highest BCUT2D eigenvalue weighted by Gasteiger charge is 2.28. The van der Waals surface area contributed by atoms with E-state index in [1.165, 1.54) is 0 Å². The van der Waals surface area contributed by atoms with Crippen molar-refractivity contribution in [3.63, 3.8) is 0 Å². The van der Waals surface area contributed by atoms with Crippen molar-refractivity contribution in [2.75, 3.05) is 0 Å². The second-order valence-electron chi connectivity index (χ2n) is 2.56. The van der Waals surface area contributed by atoms with Gasteiger partial charge in [0.2, 0.25) is 5.69 Å². The van der Waals surface area contributed by atoms with Gasteiger partial charge in [-0.2, -0.15) is 0 Å². The monoisotopic (exact) mass is 314 g/mol.